The second-order valence-electron chi connectivity index (χ2n) is 5.11. The van der Waals surface area contributed by atoms with E-state index in [4.69, 9.17) is 4.74 Å². The highest BCUT2D eigenvalue weighted by Crippen LogP contribution is 2.18. The van der Waals surface area contributed by atoms with Gasteiger partial charge in [-0.2, -0.15) is 0 Å². The minimum absolute atomic E-state index is 0.00454. The number of aliphatic hydroxyl groups excluding tert-OH is 1. The molecule has 1 aromatic carbocycles. The number of nitrogens with one attached hydrogen (secondary N) is 2. The first-order valence-corrected chi connectivity index (χ1v) is 7.19. The van der Waals surface area contributed by atoms with E-state index in [9.17, 15) is 9.90 Å². The van der Waals surface area contributed by atoms with Crippen LogP contribution in [-0.2, 0) is 16.0 Å². The lowest BCUT2D eigenvalue weighted by Gasteiger charge is -2.10. The Morgan fingerprint density at radius 1 is 1.43 bits per heavy atom. The van der Waals surface area contributed by atoms with Crippen molar-refractivity contribution in [2.45, 2.75) is 25.4 Å². The number of fused-ring (bicyclic) bond motifs is 1. The van der Waals surface area contributed by atoms with Crippen LogP contribution < -0.4 is 5.32 Å². The summed E-state index contributed by atoms with van der Waals surface area (Å²) in [6.07, 6.45) is 3.09. The summed E-state index contributed by atoms with van der Waals surface area (Å²) < 4.78 is 4.83. The first-order valence-electron chi connectivity index (χ1n) is 7.19. The number of aryl methyl sites for hydroxylation is 1. The van der Waals surface area contributed by atoms with Gasteiger partial charge in [0.05, 0.1) is 12.7 Å². The molecule has 1 atom stereocenters. The maximum absolute atomic E-state index is 11.8. The highest BCUT2D eigenvalue weighted by molar-refractivity contribution is 5.84. The predicted octanol–water partition coefficient (Wildman–Crippen LogP) is 1.61. The Kier molecular flexibility index (Phi) is 5.78. The molecule has 5 heteroatoms. The van der Waals surface area contributed by atoms with Crippen molar-refractivity contribution in [1.82, 2.24) is 10.3 Å². The number of aromatic nitrogens is 1. The van der Waals surface area contributed by atoms with Gasteiger partial charge in [0.2, 0.25) is 5.91 Å². The number of para-hydroxylation sites is 1. The normalized spacial score (nSPS) is 12.5. The van der Waals surface area contributed by atoms with Gasteiger partial charge in [-0.25, -0.2) is 0 Å². The van der Waals surface area contributed by atoms with Gasteiger partial charge in [-0.3, -0.25) is 4.79 Å². The number of hydrogen-bond donors (Lipinski definition) is 3. The first-order chi connectivity index (χ1) is 10.2. The molecule has 3 N–H and O–H groups in total. The van der Waals surface area contributed by atoms with E-state index in [1.807, 2.05) is 24.4 Å². The molecule has 0 saturated carbocycles. The number of aliphatic hydroxyl groups is 1. The zero-order valence-corrected chi connectivity index (χ0v) is 12.3. The van der Waals surface area contributed by atoms with Crippen molar-refractivity contribution < 1.29 is 14.6 Å². The van der Waals surface area contributed by atoms with E-state index in [1.165, 1.54) is 5.39 Å². The van der Waals surface area contributed by atoms with E-state index in [0.717, 1.165) is 11.1 Å². The van der Waals surface area contributed by atoms with Crippen molar-refractivity contribution in [1.29, 1.82) is 0 Å². The second kappa shape index (κ2) is 7.81. The first kappa shape index (κ1) is 15.5. The zero-order chi connectivity index (χ0) is 15.1. The SMILES string of the molecule is COCC(O)CCNC(=O)CCc1c[nH]c2ccccc12. The Balaban J connectivity index is 1.74. The Bertz CT molecular complexity index is 580. The van der Waals surface area contributed by atoms with E-state index in [0.29, 0.717) is 32.4 Å². The largest absolute Gasteiger partial charge is 0.391 e. The molecule has 2 rings (SSSR count). The number of aromatic amines is 1. The van der Waals surface area contributed by atoms with Gasteiger partial charge >= 0.3 is 0 Å². The van der Waals surface area contributed by atoms with E-state index in [1.54, 1.807) is 7.11 Å². The Morgan fingerprint density at radius 2 is 2.24 bits per heavy atom. The van der Waals surface area contributed by atoms with E-state index in [-0.39, 0.29) is 5.91 Å². The second-order valence-corrected chi connectivity index (χ2v) is 5.11. The van der Waals surface area contributed by atoms with Crippen molar-refractivity contribution in [3.63, 3.8) is 0 Å². The molecule has 1 heterocycles. The summed E-state index contributed by atoms with van der Waals surface area (Å²) in [5.74, 6) is 0.00454. The van der Waals surface area contributed by atoms with Crippen molar-refractivity contribution in [2.24, 2.45) is 0 Å². The minimum atomic E-state index is -0.524. The number of rotatable bonds is 8. The molecule has 0 bridgehead atoms. The van der Waals surface area contributed by atoms with Crippen molar-refractivity contribution in [3.8, 4) is 0 Å². The summed E-state index contributed by atoms with van der Waals surface area (Å²) in [6.45, 7) is 0.766. The van der Waals surface area contributed by atoms with Crippen LogP contribution in [0.3, 0.4) is 0 Å². The van der Waals surface area contributed by atoms with Gasteiger partial charge in [0.15, 0.2) is 0 Å². The van der Waals surface area contributed by atoms with Crippen LogP contribution in [0.15, 0.2) is 30.5 Å². The summed E-state index contributed by atoms with van der Waals surface area (Å²) in [4.78, 5) is 15.0. The third kappa shape index (κ3) is 4.58. The molecular weight excluding hydrogens is 268 g/mol. The van der Waals surface area contributed by atoms with Crippen LogP contribution in [0.2, 0.25) is 0 Å². The van der Waals surface area contributed by atoms with Gasteiger partial charge in [-0.15, -0.1) is 0 Å². The van der Waals surface area contributed by atoms with Crippen molar-refractivity contribution in [3.05, 3.63) is 36.0 Å². The molecule has 1 aromatic heterocycles. The van der Waals surface area contributed by atoms with Gasteiger partial charge in [-0.05, 0) is 24.5 Å². The minimum Gasteiger partial charge on any atom is -0.391 e. The lowest BCUT2D eigenvalue weighted by atomic mass is 10.1. The van der Waals surface area contributed by atoms with Crippen molar-refractivity contribution >= 4 is 16.8 Å². The van der Waals surface area contributed by atoms with Gasteiger partial charge in [0.1, 0.15) is 0 Å². The lowest BCUT2D eigenvalue weighted by Crippen LogP contribution is -2.28. The number of methoxy groups -OCH3 is 1. The number of amides is 1. The molecule has 114 valence electrons. The summed E-state index contributed by atoms with van der Waals surface area (Å²) in [6, 6.07) is 8.06. The van der Waals surface area contributed by atoms with Crippen LogP contribution in [0.25, 0.3) is 10.9 Å². The predicted molar refractivity (Wildman–Crippen MR) is 82.1 cm³/mol. The molecule has 1 unspecified atom stereocenters. The average Bonchev–Trinajstić information content (AvgIpc) is 2.89. The van der Waals surface area contributed by atoms with E-state index >= 15 is 0 Å². The third-order valence-corrected chi connectivity index (χ3v) is 3.46. The molecule has 21 heavy (non-hydrogen) atoms. The quantitative estimate of drug-likeness (QED) is 0.691. The van der Waals surface area contributed by atoms with E-state index in [2.05, 4.69) is 16.4 Å². The maximum Gasteiger partial charge on any atom is 0.220 e. The van der Waals surface area contributed by atoms with Crippen LogP contribution in [0.5, 0.6) is 0 Å². The molecule has 0 aliphatic carbocycles. The smallest absolute Gasteiger partial charge is 0.220 e. The summed E-state index contributed by atoms with van der Waals surface area (Å²) >= 11 is 0. The van der Waals surface area contributed by atoms with Gasteiger partial charge in [-0.1, -0.05) is 18.2 Å². The Labute approximate surface area is 124 Å². The number of benzene rings is 1. The molecule has 0 saturated heterocycles. The standard InChI is InChI=1S/C16H22N2O3/c1-21-11-13(19)8-9-17-16(20)7-6-12-10-18-15-5-3-2-4-14(12)15/h2-5,10,13,18-19H,6-9,11H2,1H3,(H,17,20). The highest BCUT2D eigenvalue weighted by Gasteiger charge is 2.08. The number of H-pyrrole nitrogens is 1. The monoisotopic (exact) mass is 290 g/mol. The van der Waals surface area contributed by atoms with Crippen LogP contribution in [0.4, 0.5) is 0 Å². The Morgan fingerprint density at radius 3 is 3.05 bits per heavy atom. The van der Waals surface area contributed by atoms with Crippen LogP contribution in [-0.4, -0.2) is 42.4 Å². The fraction of sp³-hybridized carbons (Fsp3) is 0.438. The van der Waals surface area contributed by atoms with Crippen molar-refractivity contribution in [2.75, 3.05) is 20.3 Å². The average molecular weight is 290 g/mol. The lowest BCUT2D eigenvalue weighted by molar-refractivity contribution is -0.121. The molecule has 1 amide bonds. The maximum atomic E-state index is 11.8. The molecule has 5 nitrogen and oxygen atoms in total. The molecule has 0 radical (unpaired) electrons. The summed E-state index contributed by atoms with van der Waals surface area (Å²) in [5.41, 5.74) is 2.25. The molecule has 0 spiro atoms. The molecule has 0 fully saturated rings. The summed E-state index contributed by atoms with van der Waals surface area (Å²) in [5, 5.41) is 13.5. The highest BCUT2D eigenvalue weighted by atomic mass is 16.5. The molecule has 0 aliphatic rings. The third-order valence-electron chi connectivity index (χ3n) is 3.46. The van der Waals surface area contributed by atoms with E-state index < -0.39 is 6.10 Å². The fourth-order valence-corrected chi connectivity index (χ4v) is 2.33. The topological polar surface area (TPSA) is 74.3 Å². The van der Waals surface area contributed by atoms with Crippen LogP contribution in [0, 0.1) is 0 Å². The number of ether oxygens (including phenoxy) is 1. The molecular formula is C16H22N2O3. The Hall–Kier alpha value is -1.85. The van der Waals surface area contributed by atoms with Crippen LogP contribution >= 0.6 is 0 Å². The zero-order valence-electron chi connectivity index (χ0n) is 12.3. The molecule has 0 aliphatic heterocycles. The number of hydrogen-bond acceptors (Lipinski definition) is 3. The number of carbonyl (C=O) groups excluding carboxylic acids is 1. The number of carbonyl (C=O) groups is 1. The van der Waals surface area contributed by atoms with Gasteiger partial charge in [0.25, 0.3) is 0 Å². The van der Waals surface area contributed by atoms with Crippen LogP contribution in [0.1, 0.15) is 18.4 Å². The molecule has 2 aromatic rings. The fourth-order valence-electron chi connectivity index (χ4n) is 2.33. The van der Waals surface area contributed by atoms with Gasteiger partial charge in [0, 0.05) is 37.2 Å². The summed E-state index contributed by atoms with van der Waals surface area (Å²) in [7, 11) is 1.54. The van der Waals surface area contributed by atoms with Gasteiger partial charge < -0.3 is 20.1 Å².